The first kappa shape index (κ1) is 14.8. The molecule has 0 bridgehead atoms. The van der Waals surface area contributed by atoms with Crippen molar-refractivity contribution in [3.8, 4) is 11.5 Å². The minimum absolute atomic E-state index is 0.637. The van der Waals surface area contributed by atoms with Gasteiger partial charge in [0.2, 0.25) is 0 Å². The number of thiazole rings is 1. The number of benzene rings is 1. The Labute approximate surface area is 123 Å². The summed E-state index contributed by atoms with van der Waals surface area (Å²) < 4.78 is 10.8. The van der Waals surface area contributed by atoms with E-state index < -0.39 is 0 Å². The van der Waals surface area contributed by atoms with Crippen LogP contribution in [0.5, 0.6) is 11.5 Å². The van der Waals surface area contributed by atoms with Crippen molar-refractivity contribution in [2.75, 3.05) is 20.8 Å². The van der Waals surface area contributed by atoms with Gasteiger partial charge in [-0.2, -0.15) is 0 Å². The topological polar surface area (TPSA) is 43.4 Å². The van der Waals surface area contributed by atoms with E-state index in [0.717, 1.165) is 35.2 Å². The maximum Gasteiger partial charge on any atom is 0.119 e. The number of hydrogen-bond donors (Lipinski definition) is 1. The van der Waals surface area contributed by atoms with Crippen molar-refractivity contribution in [2.45, 2.75) is 19.9 Å². The monoisotopic (exact) mass is 292 g/mol. The molecular formula is C15H20N2O2S. The van der Waals surface area contributed by atoms with Crippen LogP contribution in [0.1, 0.15) is 15.6 Å². The predicted octanol–water partition coefficient (Wildman–Crippen LogP) is 2.80. The fourth-order valence-electron chi connectivity index (χ4n) is 1.85. The summed E-state index contributed by atoms with van der Waals surface area (Å²) in [7, 11) is 3.61. The molecule has 1 N–H and O–H groups in total. The summed E-state index contributed by atoms with van der Waals surface area (Å²) in [6.07, 6.45) is 0.835. The van der Waals surface area contributed by atoms with Crippen LogP contribution < -0.4 is 14.8 Å². The van der Waals surface area contributed by atoms with Gasteiger partial charge in [-0.3, -0.25) is 0 Å². The number of ether oxygens (including phenoxy) is 2. The number of hydrogen-bond acceptors (Lipinski definition) is 5. The molecule has 108 valence electrons. The van der Waals surface area contributed by atoms with Crippen molar-refractivity contribution in [1.82, 2.24) is 10.3 Å². The quantitative estimate of drug-likeness (QED) is 0.852. The van der Waals surface area contributed by atoms with Gasteiger partial charge in [0.05, 0.1) is 24.4 Å². The van der Waals surface area contributed by atoms with Gasteiger partial charge in [-0.25, -0.2) is 4.98 Å². The molecule has 0 aliphatic heterocycles. The molecule has 1 aromatic carbocycles. The van der Waals surface area contributed by atoms with E-state index in [9.17, 15) is 0 Å². The summed E-state index contributed by atoms with van der Waals surface area (Å²) in [6.45, 7) is 3.57. The average molecular weight is 292 g/mol. The highest BCUT2D eigenvalue weighted by Crippen LogP contribution is 2.20. The van der Waals surface area contributed by atoms with E-state index >= 15 is 0 Å². The molecule has 0 amide bonds. The van der Waals surface area contributed by atoms with Crippen LogP contribution in [-0.2, 0) is 13.0 Å². The van der Waals surface area contributed by atoms with E-state index in [0.29, 0.717) is 6.61 Å². The van der Waals surface area contributed by atoms with Gasteiger partial charge in [-0.1, -0.05) is 0 Å². The zero-order chi connectivity index (χ0) is 14.4. The van der Waals surface area contributed by atoms with E-state index in [-0.39, 0.29) is 0 Å². The van der Waals surface area contributed by atoms with Gasteiger partial charge in [0.1, 0.15) is 11.5 Å². The molecule has 4 nitrogen and oxygen atoms in total. The summed E-state index contributed by atoms with van der Waals surface area (Å²) in [5, 5.41) is 4.28. The molecule has 5 heteroatoms. The van der Waals surface area contributed by atoms with Crippen LogP contribution in [-0.4, -0.2) is 25.7 Å². The second-order valence-electron chi connectivity index (χ2n) is 4.42. The van der Waals surface area contributed by atoms with Gasteiger partial charge in [0, 0.05) is 17.8 Å². The van der Waals surface area contributed by atoms with Crippen LogP contribution in [0, 0.1) is 6.92 Å². The van der Waals surface area contributed by atoms with Crippen LogP contribution in [0.4, 0.5) is 0 Å². The number of aryl methyl sites for hydroxylation is 1. The second kappa shape index (κ2) is 7.26. The summed E-state index contributed by atoms with van der Waals surface area (Å²) in [5.74, 6) is 1.69. The first-order valence-electron chi connectivity index (χ1n) is 6.59. The van der Waals surface area contributed by atoms with E-state index in [1.807, 2.05) is 31.3 Å². The third kappa shape index (κ3) is 3.95. The smallest absolute Gasteiger partial charge is 0.119 e. The SMILES string of the molecule is CNCc1sc(CCOc2ccc(OC)cc2)nc1C. The Hall–Kier alpha value is -1.59. The van der Waals surface area contributed by atoms with Gasteiger partial charge < -0.3 is 14.8 Å². The molecule has 0 aliphatic rings. The Morgan fingerprint density at radius 1 is 1.20 bits per heavy atom. The minimum atomic E-state index is 0.637. The Morgan fingerprint density at radius 3 is 2.55 bits per heavy atom. The highest BCUT2D eigenvalue weighted by Gasteiger charge is 2.06. The molecule has 1 aromatic heterocycles. The van der Waals surface area contributed by atoms with Gasteiger partial charge >= 0.3 is 0 Å². The van der Waals surface area contributed by atoms with Crippen LogP contribution >= 0.6 is 11.3 Å². The lowest BCUT2D eigenvalue weighted by molar-refractivity contribution is 0.321. The van der Waals surface area contributed by atoms with E-state index in [1.54, 1.807) is 18.4 Å². The van der Waals surface area contributed by atoms with Crippen molar-refractivity contribution in [1.29, 1.82) is 0 Å². The van der Waals surface area contributed by atoms with Crippen molar-refractivity contribution in [3.63, 3.8) is 0 Å². The Kier molecular flexibility index (Phi) is 5.38. The number of rotatable bonds is 7. The zero-order valence-corrected chi connectivity index (χ0v) is 12.9. The zero-order valence-electron chi connectivity index (χ0n) is 12.1. The van der Waals surface area contributed by atoms with Gasteiger partial charge in [0.25, 0.3) is 0 Å². The maximum atomic E-state index is 5.71. The summed E-state index contributed by atoms with van der Waals surface area (Å²) in [4.78, 5) is 5.86. The van der Waals surface area contributed by atoms with E-state index in [2.05, 4.69) is 17.2 Å². The summed E-state index contributed by atoms with van der Waals surface area (Å²) >= 11 is 1.75. The third-order valence-corrected chi connectivity index (χ3v) is 4.14. The van der Waals surface area contributed by atoms with Gasteiger partial charge in [-0.05, 0) is 38.2 Å². The molecule has 2 aromatic rings. The number of nitrogens with zero attached hydrogens (tertiary/aromatic N) is 1. The predicted molar refractivity (Wildman–Crippen MR) is 81.8 cm³/mol. The average Bonchev–Trinajstić information content (AvgIpc) is 2.80. The Bertz CT molecular complexity index is 537. The van der Waals surface area contributed by atoms with Gasteiger partial charge in [0.15, 0.2) is 0 Å². The molecule has 0 radical (unpaired) electrons. The molecule has 0 aliphatic carbocycles. The lowest BCUT2D eigenvalue weighted by Crippen LogP contribution is -2.04. The maximum absolute atomic E-state index is 5.71. The highest BCUT2D eigenvalue weighted by molar-refractivity contribution is 7.11. The number of methoxy groups -OCH3 is 1. The van der Waals surface area contributed by atoms with Gasteiger partial charge in [-0.15, -0.1) is 11.3 Å². The second-order valence-corrected chi connectivity index (χ2v) is 5.59. The molecule has 0 atom stereocenters. The molecule has 0 spiro atoms. The highest BCUT2D eigenvalue weighted by atomic mass is 32.1. The lowest BCUT2D eigenvalue weighted by atomic mass is 10.3. The molecule has 0 saturated heterocycles. The molecule has 0 saturated carbocycles. The Morgan fingerprint density at radius 2 is 1.90 bits per heavy atom. The van der Waals surface area contributed by atoms with E-state index in [1.165, 1.54) is 4.88 Å². The van der Waals surface area contributed by atoms with Crippen LogP contribution in [0.15, 0.2) is 24.3 Å². The fraction of sp³-hybridized carbons (Fsp3) is 0.400. The largest absolute Gasteiger partial charge is 0.497 e. The van der Waals surface area contributed by atoms with Crippen LogP contribution in [0.2, 0.25) is 0 Å². The van der Waals surface area contributed by atoms with E-state index in [4.69, 9.17) is 9.47 Å². The molecule has 2 rings (SSSR count). The molecule has 0 unspecified atom stereocenters. The Balaban J connectivity index is 1.84. The van der Waals surface area contributed by atoms with Crippen molar-refractivity contribution < 1.29 is 9.47 Å². The third-order valence-electron chi connectivity index (χ3n) is 2.92. The molecule has 0 fully saturated rings. The standard InChI is InChI=1S/C15H20N2O2S/c1-11-14(10-16-2)20-15(17-11)8-9-19-13-6-4-12(18-3)5-7-13/h4-7,16H,8-10H2,1-3H3. The number of aromatic nitrogens is 1. The van der Waals surface area contributed by atoms with Crippen molar-refractivity contribution in [3.05, 3.63) is 39.8 Å². The minimum Gasteiger partial charge on any atom is -0.497 e. The van der Waals surface area contributed by atoms with Crippen LogP contribution in [0.3, 0.4) is 0 Å². The normalized spacial score (nSPS) is 10.6. The van der Waals surface area contributed by atoms with Crippen molar-refractivity contribution in [2.24, 2.45) is 0 Å². The summed E-state index contributed by atoms with van der Waals surface area (Å²) in [5.41, 5.74) is 1.11. The van der Waals surface area contributed by atoms with Crippen LogP contribution in [0.25, 0.3) is 0 Å². The molecular weight excluding hydrogens is 272 g/mol. The lowest BCUT2D eigenvalue weighted by Gasteiger charge is -2.05. The first-order valence-corrected chi connectivity index (χ1v) is 7.41. The summed E-state index contributed by atoms with van der Waals surface area (Å²) in [6, 6.07) is 7.62. The molecule has 20 heavy (non-hydrogen) atoms. The first-order chi connectivity index (χ1) is 9.72. The number of nitrogens with one attached hydrogen (secondary N) is 1. The molecule has 1 heterocycles. The van der Waals surface area contributed by atoms with Crippen molar-refractivity contribution >= 4 is 11.3 Å². The fourth-order valence-corrected chi connectivity index (χ4v) is 2.91.